The third-order valence-corrected chi connectivity index (χ3v) is 6.80. The summed E-state index contributed by atoms with van der Waals surface area (Å²) in [6.45, 7) is 7.48. The molecule has 4 atom stereocenters. The van der Waals surface area contributed by atoms with Gasteiger partial charge in [-0.1, -0.05) is 75.7 Å². The van der Waals surface area contributed by atoms with E-state index < -0.39 is 36.0 Å². The molecular weight excluding hydrogens is 432 g/mol. The van der Waals surface area contributed by atoms with Crippen LogP contribution in [-0.2, 0) is 14.3 Å². The molecule has 3 N–H and O–H groups in total. The summed E-state index contributed by atoms with van der Waals surface area (Å²) in [6, 6.07) is 14.7. The van der Waals surface area contributed by atoms with E-state index in [4.69, 9.17) is 4.74 Å². The molecule has 0 fully saturated rings. The SMILES string of the molecule is CCC(C)CC(NC(=O)C(C)C(C)NC(=O)OCC1c2ccccc2-c2ccccc21)C(=O)O. The first-order valence-corrected chi connectivity index (χ1v) is 11.9. The van der Waals surface area contributed by atoms with Gasteiger partial charge in [-0.15, -0.1) is 0 Å². The van der Waals surface area contributed by atoms with E-state index in [9.17, 15) is 19.5 Å². The lowest BCUT2D eigenvalue weighted by Crippen LogP contribution is -2.49. The Morgan fingerprint density at radius 2 is 1.50 bits per heavy atom. The van der Waals surface area contributed by atoms with Gasteiger partial charge in [0.2, 0.25) is 5.91 Å². The lowest BCUT2D eigenvalue weighted by Gasteiger charge is -2.24. The average Bonchev–Trinajstić information content (AvgIpc) is 3.15. The molecule has 7 heteroatoms. The molecule has 1 aliphatic carbocycles. The number of rotatable bonds is 10. The molecule has 0 bridgehead atoms. The molecule has 3 rings (SSSR count). The number of carboxylic acids is 1. The van der Waals surface area contributed by atoms with E-state index in [2.05, 4.69) is 34.9 Å². The van der Waals surface area contributed by atoms with Crippen molar-refractivity contribution in [2.24, 2.45) is 11.8 Å². The Balaban J connectivity index is 1.56. The Morgan fingerprint density at radius 3 is 2.03 bits per heavy atom. The summed E-state index contributed by atoms with van der Waals surface area (Å²) in [7, 11) is 0. The minimum atomic E-state index is -1.06. The maximum atomic E-state index is 12.6. The van der Waals surface area contributed by atoms with Crippen LogP contribution >= 0.6 is 0 Å². The van der Waals surface area contributed by atoms with Gasteiger partial charge >= 0.3 is 12.1 Å². The molecule has 0 aromatic heterocycles. The van der Waals surface area contributed by atoms with Crippen molar-refractivity contribution in [3.8, 4) is 11.1 Å². The number of nitrogens with one attached hydrogen (secondary N) is 2. The molecule has 0 saturated heterocycles. The van der Waals surface area contributed by atoms with Gasteiger partial charge in [0.05, 0.1) is 5.92 Å². The van der Waals surface area contributed by atoms with E-state index in [1.807, 2.05) is 38.1 Å². The first-order valence-electron chi connectivity index (χ1n) is 11.9. The largest absolute Gasteiger partial charge is 0.480 e. The molecule has 0 aliphatic heterocycles. The van der Waals surface area contributed by atoms with E-state index in [-0.39, 0.29) is 18.4 Å². The highest BCUT2D eigenvalue weighted by Gasteiger charge is 2.30. The van der Waals surface area contributed by atoms with Crippen LogP contribution in [0, 0.1) is 11.8 Å². The second-order valence-electron chi connectivity index (χ2n) is 9.20. The molecule has 1 aliphatic rings. The third kappa shape index (κ3) is 5.76. The Morgan fingerprint density at radius 1 is 0.941 bits per heavy atom. The fourth-order valence-corrected chi connectivity index (χ4v) is 4.27. The average molecular weight is 467 g/mol. The normalized spacial score (nSPS) is 15.9. The third-order valence-electron chi connectivity index (χ3n) is 6.80. The van der Waals surface area contributed by atoms with E-state index in [0.29, 0.717) is 6.42 Å². The second kappa shape index (κ2) is 11.2. The van der Waals surface area contributed by atoms with Crippen LogP contribution in [0.1, 0.15) is 57.6 Å². The van der Waals surface area contributed by atoms with Gasteiger partial charge in [0.25, 0.3) is 0 Å². The smallest absolute Gasteiger partial charge is 0.407 e. The van der Waals surface area contributed by atoms with Crippen LogP contribution in [0.15, 0.2) is 48.5 Å². The number of hydrogen-bond acceptors (Lipinski definition) is 4. The van der Waals surface area contributed by atoms with Gasteiger partial charge in [-0.3, -0.25) is 4.79 Å². The van der Waals surface area contributed by atoms with Crippen LogP contribution in [0.2, 0.25) is 0 Å². The monoisotopic (exact) mass is 466 g/mol. The van der Waals surface area contributed by atoms with Crippen molar-refractivity contribution in [1.82, 2.24) is 10.6 Å². The Kier molecular flexibility index (Phi) is 8.31. The van der Waals surface area contributed by atoms with Crippen molar-refractivity contribution in [3.63, 3.8) is 0 Å². The Labute approximate surface area is 200 Å². The van der Waals surface area contributed by atoms with Gasteiger partial charge < -0.3 is 20.5 Å². The van der Waals surface area contributed by atoms with Gasteiger partial charge in [0.1, 0.15) is 12.6 Å². The summed E-state index contributed by atoms with van der Waals surface area (Å²) in [6.07, 6.45) is 0.580. The van der Waals surface area contributed by atoms with E-state index in [0.717, 1.165) is 28.7 Å². The lowest BCUT2D eigenvalue weighted by atomic mass is 9.97. The van der Waals surface area contributed by atoms with Crippen molar-refractivity contribution >= 4 is 18.0 Å². The number of carbonyl (C=O) groups is 3. The number of amides is 2. The highest BCUT2D eigenvalue weighted by Crippen LogP contribution is 2.44. The fraction of sp³-hybridized carbons (Fsp3) is 0.444. The molecule has 0 spiro atoms. The number of ether oxygens (including phenoxy) is 1. The molecule has 34 heavy (non-hydrogen) atoms. The Bertz CT molecular complexity index is 992. The lowest BCUT2D eigenvalue weighted by molar-refractivity contribution is -0.143. The van der Waals surface area contributed by atoms with E-state index in [1.165, 1.54) is 0 Å². The van der Waals surface area contributed by atoms with Crippen LogP contribution in [0.3, 0.4) is 0 Å². The second-order valence-corrected chi connectivity index (χ2v) is 9.20. The highest BCUT2D eigenvalue weighted by atomic mass is 16.5. The zero-order chi connectivity index (χ0) is 24.8. The highest BCUT2D eigenvalue weighted by molar-refractivity contribution is 5.85. The summed E-state index contributed by atoms with van der Waals surface area (Å²) < 4.78 is 5.55. The van der Waals surface area contributed by atoms with Crippen LogP contribution in [0.25, 0.3) is 11.1 Å². The molecule has 182 valence electrons. The van der Waals surface area contributed by atoms with E-state index in [1.54, 1.807) is 13.8 Å². The number of benzene rings is 2. The molecule has 4 unspecified atom stereocenters. The maximum absolute atomic E-state index is 12.6. The van der Waals surface area contributed by atoms with Gasteiger partial charge in [0.15, 0.2) is 0 Å². The summed E-state index contributed by atoms with van der Waals surface area (Å²) in [5.41, 5.74) is 4.55. The van der Waals surface area contributed by atoms with Crippen molar-refractivity contribution in [1.29, 1.82) is 0 Å². The molecule has 2 aromatic rings. The number of alkyl carbamates (subject to hydrolysis) is 1. The van der Waals surface area contributed by atoms with Gasteiger partial charge in [-0.2, -0.15) is 0 Å². The standard InChI is InChI=1S/C27H34N2O5/c1-5-16(2)14-24(26(31)32)29-25(30)17(3)18(4)28-27(33)34-15-23-21-12-8-6-10-19(21)20-11-7-9-13-22(20)23/h6-13,16-18,23-24H,5,14-15H2,1-4H3,(H,28,33)(H,29,30)(H,31,32). The molecule has 0 radical (unpaired) electrons. The number of carbonyl (C=O) groups excluding carboxylic acids is 2. The quantitative estimate of drug-likeness (QED) is 0.476. The van der Waals surface area contributed by atoms with Gasteiger partial charge in [-0.05, 0) is 41.5 Å². The van der Waals surface area contributed by atoms with Crippen LogP contribution in [-0.4, -0.2) is 41.8 Å². The van der Waals surface area contributed by atoms with E-state index >= 15 is 0 Å². The molecule has 0 saturated carbocycles. The Hall–Kier alpha value is -3.35. The summed E-state index contributed by atoms with van der Waals surface area (Å²) in [5.74, 6) is -1.97. The number of hydrogen-bond donors (Lipinski definition) is 3. The maximum Gasteiger partial charge on any atom is 0.407 e. The minimum absolute atomic E-state index is 0.0499. The summed E-state index contributed by atoms with van der Waals surface area (Å²) >= 11 is 0. The topological polar surface area (TPSA) is 105 Å². The zero-order valence-electron chi connectivity index (χ0n) is 20.2. The molecule has 7 nitrogen and oxygen atoms in total. The first kappa shape index (κ1) is 25.3. The van der Waals surface area contributed by atoms with Gasteiger partial charge in [0, 0.05) is 12.0 Å². The van der Waals surface area contributed by atoms with Gasteiger partial charge in [-0.25, -0.2) is 9.59 Å². The predicted molar refractivity (Wildman–Crippen MR) is 130 cm³/mol. The molecule has 2 amide bonds. The summed E-state index contributed by atoms with van der Waals surface area (Å²) in [5, 5.41) is 14.8. The molecule has 0 heterocycles. The van der Waals surface area contributed by atoms with Crippen molar-refractivity contribution in [2.75, 3.05) is 6.61 Å². The van der Waals surface area contributed by atoms with Crippen LogP contribution < -0.4 is 10.6 Å². The minimum Gasteiger partial charge on any atom is -0.480 e. The number of fused-ring (bicyclic) bond motifs is 3. The van der Waals surface area contributed by atoms with Crippen LogP contribution in [0.5, 0.6) is 0 Å². The predicted octanol–water partition coefficient (Wildman–Crippen LogP) is 4.56. The zero-order valence-corrected chi connectivity index (χ0v) is 20.2. The number of aliphatic carboxylic acids is 1. The molecule has 2 aromatic carbocycles. The van der Waals surface area contributed by atoms with Crippen LogP contribution in [0.4, 0.5) is 4.79 Å². The fourth-order valence-electron chi connectivity index (χ4n) is 4.27. The van der Waals surface area contributed by atoms with Crippen molar-refractivity contribution < 1.29 is 24.2 Å². The first-order chi connectivity index (χ1) is 16.2. The summed E-state index contributed by atoms with van der Waals surface area (Å²) in [4.78, 5) is 36.7. The molecular formula is C27H34N2O5. The number of carboxylic acid groups (broad SMARTS) is 1. The van der Waals surface area contributed by atoms with Crippen molar-refractivity contribution in [2.45, 2.75) is 58.5 Å². The van der Waals surface area contributed by atoms with Crippen molar-refractivity contribution in [3.05, 3.63) is 59.7 Å².